The highest BCUT2D eigenvalue weighted by atomic mass is 32.1. The van der Waals surface area contributed by atoms with Crippen LogP contribution >= 0.6 is 12.2 Å². The Morgan fingerprint density at radius 1 is 1.15 bits per heavy atom. The van der Waals surface area contributed by atoms with Crippen molar-refractivity contribution in [1.82, 2.24) is 10.2 Å². The van der Waals surface area contributed by atoms with Gasteiger partial charge in [0, 0.05) is 37.6 Å². The van der Waals surface area contributed by atoms with Gasteiger partial charge in [-0.1, -0.05) is 36.5 Å². The second kappa shape index (κ2) is 11.2. The number of amides is 1. The van der Waals surface area contributed by atoms with Crippen LogP contribution in [0.3, 0.4) is 0 Å². The van der Waals surface area contributed by atoms with E-state index in [1.165, 1.54) is 11.1 Å². The zero-order chi connectivity index (χ0) is 23.4. The third kappa shape index (κ3) is 5.37. The van der Waals surface area contributed by atoms with E-state index < -0.39 is 18.2 Å². The molecule has 2 fully saturated rings. The molecule has 0 bridgehead atoms. The van der Waals surface area contributed by atoms with Crippen LogP contribution in [0.5, 0.6) is 0 Å². The molecule has 0 saturated carbocycles. The molecule has 1 aliphatic carbocycles. The van der Waals surface area contributed by atoms with E-state index in [2.05, 4.69) is 29.6 Å². The largest absolute Gasteiger partial charge is 0.351 e. The average molecular weight is 473 g/mol. The van der Waals surface area contributed by atoms with E-state index in [-0.39, 0.29) is 17.7 Å². The average Bonchev–Trinajstić information content (AvgIpc) is 3.45. The van der Waals surface area contributed by atoms with E-state index in [9.17, 15) is 9.59 Å². The summed E-state index contributed by atoms with van der Waals surface area (Å²) in [4.78, 5) is 29.6. The van der Waals surface area contributed by atoms with Crippen LogP contribution in [0, 0.1) is 11.8 Å². The molecule has 1 aromatic carbocycles. The van der Waals surface area contributed by atoms with Gasteiger partial charge in [0.2, 0.25) is 5.91 Å². The van der Waals surface area contributed by atoms with Crippen molar-refractivity contribution in [1.29, 1.82) is 0 Å². The normalized spacial score (nSPS) is 27.2. The fourth-order valence-corrected chi connectivity index (χ4v) is 6.06. The molecule has 1 amide bonds. The zero-order valence-electron chi connectivity index (χ0n) is 19.8. The van der Waals surface area contributed by atoms with Crippen LogP contribution in [0.15, 0.2) is 24.3 Å². The number of nitrogens with zero attached hydrogens (tertiary/aromatic N) is 1. The van der Waals surface area contributed by atoms with E-state index in [1.54, 1.807) is 0 Å². The molecule has 0 spiro atoms. The summed E-state index contributed by atoms with van der Waals surface area (Å²) < 4.78 is 11.6. The molecule has 33 heavy (non-hydrogen) atoms. The Hall–Kier alpha value is -1.67. The number of rotatable bonds is 9. The van der Waals surface area contributed by atoms with Crippen LogP contribution in [0.25, 0.3) is 0 Å². The summed E-state index contributed by atoms with van der Waals surface area (Å²) in [7, 11) is 0. The van der Waals surface area contributed by atoms with Gasteiger partial charge < -0.3 is 19.7 Å². The minimum atomic E-state index is -0.578. The first-order valence-electron chi connectivity index (χ1n) is 12.4. The Bertz CT molecular complexity index is 870. The Labute approximate surface area is 202 Å². The van der Waals surface area contributed by atoms with Crippen molar-refractivity contribution < 1.29 is 19.1 Å². The van der Waals surface area contributed by atoms with Gasteiger partial charge in [-0.3, -0.25) is 9.59 Å². The standard InChI is InChI=1S/C26H36N2O4S/c1-3-31-26(32-4-2)20-10-7-13-28(20)25(30)24-23(22(33)16-27-24)21(29)15-17-11-12-18-8-5-6-9-19(18)14-17/h5-6,8-9,17,20,23-24,26-27H,3-4,7,10-16H2,1-2H3/t17-,20+,23?,24+/m1/s1. The summed E-state index contributed by atoms with van der Waals surface area (Å²) in [5.41, 5.74) is 2.74. The molecule has 1 N–H and O–H groups in total. The molecule has 2 heterocycles. The first-order chi connectivity index (χ1) is 16.0. The van der Waals surface area contributed by atoms with Gasteiger partial charge in [-0.15, -0.1) is 0 Å². The van der Waals surface area contributed by atoms with E-state index in [4.69, 9.17) is 21.7 Å². The number of likely N-dealkylation sites (tertiary alicyclic amines) is 1. The number of hydrogen-bond acceptors (Lipinski definition) is 6. The SMILES string of the molecule is CCOC(OCC)[C@@H]1CCCN1C(=O)[C@H]1NCC(=S)C1C(=O)C[C@@H]1CCc2ccccc2C1. The second-order valence-electron chi connectivity index (χ2n) is 9.37. The van der Waals surface area contributed by atoms with Crippen LogP contribution < -0.4 is 5.32 Å². The molecule has 180 valence electrons. The summed E-state index contributed by atoms with van der Waals surface area (Å²) in [6.07, 6.45) is 4.73. The number of carbonyl (C=O) groups is 2. The predicted molar refractivity (Wildman–Crippen MR) is 131 cm³/mol. The number of aryl methyl sites for hydroxylation is 1. The van der Waals surface area contributed by atoms with Gasteiger partial charge in [-0.2, -0.15) is 0 Å². The fraction of sp³-hybridized carbons (Fsp3) is 0.654. The van der Waals surface area contributed by atoms with Gasteiger partial charge in [0.15, 0.2) is 6.29 Å². The molecule has 1 aromatic rings. The van der Waals surface area contributed by atoms with Crippen LogP contribution in [0.2, 0.25) is 0 Å². The lowest BCUT2D eigenvalue weighted by atomic mass is 9.79. The van der Waals surface area contributed by atoms with Crippen molar-refractivity contribution in [2.45, 2.75) is 70.7 Å². The molecule has 7 heteroatoms. The minimum Gasteiger partial charge on any atom is -0.351 e. The van der Waals surface area contributed by atoms with Gasteiger partial charge >= 0.3 is 0 Å². The number of fused-ring (bicyclic) bond motifs is 1. The summed E-state index contributed by atoms with van der Waals surface area (Å²) in [5.74, 6) is -0.154. The number of thiocarbonyl (C=S) groups is 1. The minimum absolute atomic E-state index is 0.0471. The highest BCUT2D eigenvalue weighted by Gasteiger charge is 2.46. The molecular weight excluding hydrogens is 436 g/mol. The van der Waals surface area contributed by atoms with Gasteiger partial charge in [-0.05, 0) is 63.0 Å². The summed E-state index contributed by atoms with van der Waals surface area (Å²) >= 11 is 5.58. The van der Waals surface area contributed by atoms with Crippen molar-refractivity contribution >= 4 is 28.8 Å². The van der Waals surface area contributed by atoms with Crippen molar-refractivity contribution in [2.24, 2.45) is 11.8 Å². The summed E-state index contributed by atoms with van der Waals surface area (Å²) in [6, 6.07) is 7.79. The van der Waals surface area contributed by atoms with Crippen LogP contribution in [0.4, 0.5) is 0 Å². The molecule has 4 rings (SSSR count). The Morgan fingerprint density at radius 3 is 2.61 bits per heavy atom. The maximum absolute atomic E-state index is 13.6. The first-order valence-corrected chi connectivity index (χ1v) is 12.8. The van der Waals surface area contributed by atoms with Crippen LogP contribution in [-0.2, 0) is 31.9 Å². The Kier molecular flexibility index (Phi) is 8.28. The number of benzene rings is 1. The highest BCUT2D eigenvalue weighted by molar-refractivity contribution is 7.80. The van der Waals surface area contributed by atoms with E-state index in [1.807, 2.05) is 18.7 Å². The van der Waals surface area contributed by atoms with Crippen molar-refractivity contribution in [3.05, 3.63) is 35.4 Å². The van der Waals surface area contributed by atoms with E-state index in [0.29, 0.717) is 43.5 Å². The van der Waals surface area contributed by atoms with E-state index >= 15 is 0 Å². The fourth-order valence-electron chi connectivity index (χ4n) is 5.71. The number of ether oxygens (including phenoxy) is 2. The number of Topliss-reactive ketones (excluding diaryl/α,β-unsaturated/α-hetero) is 1. The molecule has 4 atom stereocenters. The molecule has 0 radical (unpaired) electrons. The third-order valence-electron chi connectivity index (χ3n) is 7.29. The zero-order valence-corrected chi connectivity index (χ0v) is 20.6. The van der Waals surface area contributed by atoms with Crippen molar-refractivity contribution in [3.63, 3.8) is 0 Å². The molecule has 6 nitrogen and oxygen atoms in total. The monoisotopic (exact) mass is 472 g/mol. The molecular formula is C26H36N2O4S. The van der Waals surface area contributed by atoms with Crippen LogP contribution in [-0.4, -0.2) is 66.1 Å². The highest BCUT2D eigenvalue weighted by Crippen LogP contribution is 2.31. The first kappa shape index (κ1) is 24.5. The van der Waals surface area contributed by atoms with Gasteiger partial charge in [0.1, 0.15) is 11.8 Å². The third-order valence-corrected chi connectivity index (χ3v) is 7.68. The lowest BCUT2D eigenvalue weighted by molar-refractivity contribution is -0.176. The molecule has 0 aromatic heterocycles. The van der Waals surface area contributed by atoms with Gasteiger partial charge in [-0.25, -0.2) is 0 Å². The van der Waals surface area contributed by atoms with Crippen LogP contribution in [0.1, 0.15) is 50.7 Å². The molecule has 2 saturated heterocycles. The number of ketones is 1. The summed E-state index contributed by atoms with van der Waals surface area (Å²) in [6.45, 7) is 6.02. The molecule has 3 aliphatic rings. The quantitative estimate of drug-likeness (QED) is 0.440. The lowest BCUT2D eigenvalue weighted by Crippen LogP contribution is -2.53. The lowest BCUT2D eigenvalue weighted by Gasteiger charge is -2.33. The Morgan fingerprint density at radius 2 is 1.88 bits per heavy atom. The number of nitrogens with one attached hydrogen (secondary N) is 1. The Balaban J connectivity index is 1.43. The summed E-state index contributed by atoms with van der Waals surface area (Å²) in [5, 5.41) is 3.26. The topological polar surface area (TPSA) is 67.9 Å². The van der Waals surface area contributed by atoms with Gasteiger partial charge in [0.05, 0.1) is 12.0 Å². The smallest absolute Gasteiger partial charge is 0.241 e. The maximum atomic E-state index is 13.6. The van der Waals surface area contributed by atoms with E-state index in [0.717, 1.165) is 32.1 Å². The molecule has 2 aliphatic heterocycles. The van der Waals surface area contributed by atoms with Crippen molar-refractivity contribution in [2.75, 3.05) is 26.3 Å². The number of carbonyl (C=O) groups excluding carboxylic acids is 2. The van der Waals surface area contributed by atoms with Crippen molar-refractivity contribution in [3.8, 4) is 0 Å². The molecule has 1 unspecified atom stereocenters. The maximum Gasteiger partial charge on any atom is 0.241 e. The number of hydrogen-bond donors (Lipinski definition) is 1. The van der Waals surface area contributed by atoms with Gasteiger partial charge in [0.25, 0.3) is 0 Å². The predicted octanol–water partition coefficient (Wildman–Crippen LogP) is 3.10. The second-order valence-corrected chi connectivity index (χ2v) is 9.90.